The van der Waals surface area contributed by atoms with Crippen molar-refractivity contribution in [1.82, 2.24) is 14.8 Å². The van der Waals surface area contributed by atoms with Gasteiger partial charge in [0.05, 0.1) is 5.69 Å². The lowest BCUT2D eigenvalue weighted by atomic mass is 10.0. The minimum atomic E-state index is -0.0535. The molecule has 0 saturated heterocycles. The van der Waals surface area contributed by atoms with Crippen LogP contribution < -0.4 is 10.5 Å². The van der Waals surface area contributed by atoms with E-state index in [-0.39, 0.29) is 6.10 Å². The van der Waals surface area contributed by atoms with Gasteiger partial charge in [0.25, 0.3) is 0 Å². The third kappa shape index (κ3) is 2.67. The first-order valence-corrected chi connectivity index (χ1v) is 8.64. The topological polar surface area (TPSA) is 66.0 Å². The maximum Gasteiger partial charge on any atom is 0.137 e. The van der Waals surface area contributed by atoms with Gasteiger partial charge in [0.2, 0.25) is 0 Å². The number of anilines is 1. The van der Waals surface area contributed by atoms with Crippen molar-refractivity contribution in [2.75, 3.05) is 5.73 Å². The number of aromatic nitrogens is 3. The molecule has 0 saturated carbocycles. The van der Waals surface area contributed by atoms with E-state index < -0.39 is 0 Å². The first-order valence-electron chi connectivity index (χ1n) is 7.85. The summed E-state index contributed by atoms with van der Waals surface area (Å²) in [6, 6.07) is 13.8. The number of halogens is 1. The summed E-state index contributed by atoms with van der Waals surface area (Å²) >= 11 is 3.58. The third-order valence-electron chi connectivity index (χ3n) is 4.26. The number of fused-ring (bicyclic) bond motifs is 3. The van der Waals surface area contributed by atoms with Gasteiger partial charge in [-0.15, -0.1) is 10.2 Å². The average molecular weight is 385 g/mol. The van der Waals surface area contributed by atoms with Crippen molar-refractivity contribution >= 4 is 21.6 Å². The van der Waals surface area contributed by atoms with Crippen LogP contribution >= 0.6 is 15.9 Å². The van der Waals surface area contributed by atoms with Crippen LogP contribution in [-0.4, -0.2) is 14.8 Å². The Bertz CT molecular complexity index is 889. The quantitative estimate of drug-likeness (QED) is 0.678. The van der Waals surface area contributed by atoms with Gasteiger partial charge in [-0.2, -0.15) is 0 Å². The Labute approximate surface area is 148 Å². The number of nitrogens with two attached hydrogens (primary N) is 1. The summed E-state index contributed by atoms with van der Waals surface area (Å²) in [5, 5.41) is 8.55. The van der Waals surface area contributed by atoms with Crippen molar-refractivity contribution in [1.29, 1.82) is 0 Å². The van der Waals surface area contributed by atoms with Gasteiger partial charge in [-0.25, -0.2) is 0 Å². The Morgan fingerprint density at radius 2 is 1.96 bits per heavy atom. The summed E-state index contributed by atoms with van der Waals surface area (Å²) in [6.45, 7) is 1.98. The molecular weight excluding hydrogens is 368 g/mol. The molecule has 1 aliphatic rings. The Morgan fingerprint density at radius 3 is 2.75 bits per heavy atom. The monoisotopic (exact) mass is 384 g/mol. The van der Waals surface area contributed by atoms with Crippen molar-refractivity contribution in [2.24, 2.45) is 0 Å². The summed E-state index contributed by atoms with van der Waals surface area (Å²) in [7, 11) is 0. The summed E-state index contributed by atoms with van der Waals surface area (Å²) in [5.74, 6) is 2.68. The molecule has 1 atom stereocenters. The van der Waals surface area contributed by atoms with E-state index in [9.17, 15) is 0 Å². The molecule has 2 aromatic carbocycles. The highest BCUT2D eigenvalue weighted by Crippen LogP contribution is 2.36. The van der Waals surface area contributed by atoms with Crippen LogP contribution in [0.4, 0.5) is 5.69 Å². The van der Waals surface area contributed by atoms with Crippen LogP contribution in [0.3, 0.4) is 0 Å². The summed E-state index contributed by atoms with van der Waals surface area (Å²) in [5.41, 5.74) is 8.70. The van der Waals surface area contributed by atoms with E-state index in [1.54, 1.807) is 0 Å². The molecule has 3 aromatic rings. The Balaban J connectivity index is 1.78. The number of hydrogen-bond acceptors (Lipinski definition) is 4. The average Bonchev–Trinajstić information content (AvgIpc) is 2.86. The number of benzene rings is 2. The Hall–Kier alpha value is -2.34. The normalized spacial score (nSPS) is 16.2. The van der Waals surface area contributed by atoms with Crippen LogP contribution in [0.15, 0.2) is 46.9 Å². The highest BCUT2D eigenvalue weighted by molar-refractivity contribution is 9.10. The zero-order valence-electron chi connectivity index (χ0n) is 13.2. The van der Waals surface area contributed by atoms with Gasteiger partial charge in [0.1, 0.15) is 23.5 Å². The molecular formula is C18H17BrN4O. The third-order valence-corrected chi connectivity index (χ3v) is 4.75. The molecule has 0 fully saturated rings. The maximum atomic E-state index is 6.27. The first-order chi connectivity index (χ1) is 11.6. The molecule has 6 heteroatoms. The standard InChI is InChI=1S/C18H17BrN4O/c1-11-21-22-18-9-8-17(24-14-5-3-13(20)4-6-14)15-10-12(19)2-7-16(15)23(11)18/h2-7,10,17H,8-9,20H2,1H3. The van der Waals surface area contributed by atoms with Gasteiger partial charge in [0, 0.05) is 22.1 Å². The molecule has 1 aromatic heterocycles. The lowest BCUT2D eigenvalue weighted by Crippen LogP contribution is -2.10. The van der Waals surface area contributed by atoms with Crippen molar-refractivity contribution in [3.8, 4) is 11.4 Å². The van der Waals surface area contributed by atoms with E-state index in [2.05, 4.69) is 42.8 Å². The Kier molecular flexibility index (Phi) is 3.76. The number of nitrogens with zero attached hydrogens (tertiary/aromatic N) is 3. The highest BCUT2D eigenvalue weighted by Gasteiger charge is 2.26. The molecule has 4 rings (SSSR count). The smallest absolute Gasteiger partial charge is 0.137 e. The molecule has 2 heterocycles. The summed E-state index contributed by atoms with van der Waals surface area (Å²) in [4.78, 5) is 0. The molecule has 24 heavy (non-hydrogen) atoms. The van der Waals surface area contributed by atoms with Crippen molar-refractivity contribution in [3.63, 3.8) is 0 Å². The van der Waals surface area contributed by atoms with E-state index >= 15 is 0 Å². The maximum absolute atomic E-state index is 6.27. The predicted molar refractivity (Wildman–Crippen MR) is 96.3 cm³/mol. The SMILES string of the molecule is Cc1nnc2n1-c1ccc(Br)cc1C(Oc1ccc(N)cc1)CC2. The van der Waals surface area contributed by atoms with E-state index in [1.807, 2.05) is 37.3 Å². The fraction of sp³-hybridized carbons (Fsp3) is 0.222. The lowest BCUT2D eigenvalue weighted by Gasteiger charge is -2.20. The van der Waals surface area contributed by atoms with E-state index in [1.165, 1.54) is 0 Å². The zero-order chi connectivity index (χ0) is 16.7. The number of rotatable bonds is 2. The molecule has 0 aliphatic carbocycles. The van der Waals surface area contributed by atoms with Gasteiger partial charge in [-0.3, -0.25) is 4.57 Å². The first kappa shape index (κ1) is 15.2. The molecule has 5 nitrogen and oxygen atoms in total. The number of nitrogen functional groups attached to an aromatic ring is 1. The van der Waals surface area contributed by atoms with Crippen LogP contribution in [0, 0.1) is 6.92 Å². The fourth-order valence-electron chi connectivity index (χ4n) is 3.12. The number of ether oxygens (including phenoxy) is 1. The largest absolute Gasteiger partial charge is 0.486 e. The molecule has 122 valence electrons. The van der Waals surface area contributed by atoms with Gasteiger partial charge >= 0.3 is 0 Å². The summed E-state index contributed by atoms with van der Waals surface area (Å²) < 4.78 is 9.42. The van der Waals surface area contributed by atoms with Crippen molar-refractivity contribution in [3.05, 3.63) is 64.1 Å². The van der Waals surface area contributed by atoms with Gasteiger partial charge in [0.15, 0.2) is 0 Å². The van der Waals surface area contributed by atoms with Gasteiger partial charge in [-0.1, -0.05) is 15.9 Å². The van der Waals surface area contributed by atoms with Crippen LogP contribution in [0.25, 0.3) is 5.69 Å². The molecule has 1 aliphatic heterocycles. The van der Waals surface area contributed by atoms with Crippen LogP contribution in [-0.2, 0) is 6.42 Å². The molecule has 0 amide bonds. The second-order valence-corrected chi connectivity index (χ2v) is 6.83. The second kappa shape index (κ2) is 5.94. The van der Waals surface area contributed by atoms with Crippen LogP contribution in [0.2, 0.25) is 0 Å². The summed E-state index contributed by atoms with van der Waals surface area (Å²) in [6.07, 6.45) is 1.60. The van der Waals surface area contributed by atoms with E-state index in [4.69, 9.17) is 10.5 Å². The molecule has 1 unspecified atom stereocenters. The molecule has 0 bridgehead atoms. The predicted octanol–water partition coefficient (Wildman–Crippen LogP) is 3.99. The van der Waals surface area contributed by atoms with Gasteiger partial charge in [-0.05, 0) is 55.8 Å². The molecule has 0 spiro atoms. The highest BCUT2D eigenvalue weighted by atomic mass is 79.9. The minimum absolute atomic E-state index is 0.0535. The molecule has 2 N–H and O–H groups in total. The zero-order valence-corrected chi connectivity index (χ0v) is 14.8. The minimum Gasteiger partial charge on any atom is -0.486 e. The van der Waals surface area contributed by atoms with E-state index in [0.29, 0.717) is 0 Å². The van der Waals surface area contributed by atoms with Gasteiger partial charge < -0.3 is 10.5 Å². The second-order valence-electron chi connectivity index (χ2n) is 5.92. The van der Waals surface area contributed by atoms with Crippen molar-refractivity contribution < 1.29 is 4.74 Å². The van der Waals surface area contributed by atoms with Crippen molar-refractivity contribution in [2.45, 2.75) is 25.9 Å². The van der Waals surface area contributed by atoms with E-state index in [0.717, 1.165) is 51.7 Å². The number of aryl methyl sites for hydroxylation is 2. The fourth-order valence-corrected chi connectivity index (χ4v) is 3.50. The molecule has 0 radical (unpaired) electrons. The van der Waals surface area contributed by atoms with Crippen LogP contribution in [0.1, 0.15) is 29.7 Å². The lowest BCUT2D eigenvalue weighted by molar-refractivity contribution is 0.196. The Morgan fingerprint density at radius 1 is 1.17 bits per heavy atom. The van der Waals surface area contributed by atoms with Crippen LogP contribution in [0.5, 0.6) is 5.75 Å². The number of hydrogen-bond donors (Lipinski definition) is 1.